The zero-order valence-corrected chi connectivity index (χ0v) is 15.8. The Balaban J connectivity index is 1.56. The van der Waals surface area contributed by atoms with Crippen LogP contribution in [0.4, 0.5) is 0 Å². The molecule has 1 atom stereocenters. The Labute approximate surface area is 155 Å². The van der Waals surface area contributed by atoms with E-state index in [-0.39, 0.29) is 23.2 Å². The molecule has 0 aromatic carbocycles. The average Bonchev–Trinajstić information content (AvgIpc) is 3.11. The van der Waals surface area contributed by atoms with Gasteiger partial charge in [-0.05, 0) is 68.4 Å². The summed E-state index contributed by atoms with van der Waals surface area (Å²) in [6.45, 7) is 2.64. The number of carbonyl (C=O) groups is 2. The normalized spacial score (nSPS) is 33.1. The maximum Gasteiger partial charge on any atom is 0.310 e. The van der Waals surface area contributed by atoms with E-state index in [4.69, 9.17) is 9.15 Å². The highest BCUT2D eigenvalue weighted by molar-refractivity contribution is 5.84. The van der Waals surface area contributed by atoms with Gasteiger partial charge in [-0.3, -0.25) is 9.59 Å². The summed E-state index contributed by atoms with van der Waals surface area (Å²) in [6, 6.07) is 3.73. The number of hydrogen-bond donors (Lipinski definition) is 0. The fourth-order valence-electron chi connectivity index (χ4n) is 6.12. The predicted octanol–water partition coefficient (Wildman–Crippen LogP) is 3.63. The van der Waals surface area contributed by atoms with Gasteiger partial charge in [-0.15, -0.1) is 0 Å². The molecule has 0 radical (unpaired) electrons. The van der Waals surface area contributed by atoms with Crippen molar-refractivity contribution in [3.05, 3.63) is 24.2 Å². The van der Waals surface area contributed by atoms with E-state index < -0.39 is 0 Å². The topological polar surface area (TPSA) is 59.8 Å². The van der Waals surface area contributed by atoms with E-state index >= 15 is 0 Å². The Morgan fingerprint density at radius 3 is 2.35 bits per heavy atom. The van der Waals surface area contributed by atoms with Gasteiger partial charge in [0.25, 0.3) is 0 Å². The zero-order chi connectivity index (χ0) is 18.3. The molecule has 5 nitrogen and oxygen atoms in total. The van der Waals surface area contributed by atoms with Crippen LogP contribution in [0.2, 0.25) is 0 Å². The molecule has 0 aliphatic heterocycles. The van der Waals surface area contributed by atoms with Crippen molar-refractivity contribution >= 4 is 11.9 Å². The smallest absolute Gasteiger partial charge is 0.310 e. The van der Waals surface area contributed by atoms with E-state index in [0.29, 0.717) is 30.8 Å². The molecule has 1 aromatic rings. The van der Waals surface area contributed by atoms with Crippen molar-refractivity contribution in [3.8, 4) is 0 Å². The third-order valence-corrected chi connectivity index (χ3v) is 6.80. The van der Waals surface area contributed by atoms with Crippen molar-refractivity contribution < 1.29 is 18.7 Å². The molecule has 4 aliphatic rings. The van der Waals surface area contributed by atoms with Gasteiger partial charge in [-0.25, -0.2) is 0 Å². The minimum atomic E-state index is -0.340. The predicted molar refractivity (Wildman–Crippen MR) is 95.9 cm³/mol. The van der Waals surface area contributed by atoms with Gasteiger partial charge in [-0.1, -0.05) is 6.92 Å². The lowest BCUT2D eigenvalue weighted by Crippen LogP contribution is -2.55. The van der Waals surface area contributed by atoms with E-state index in [1.807, 2.05) is 24.0 Å². The van der Waals surface area contributed by atoms with Crippen LogP contribution in [0.3, 0.4) is 0 Å². The lowest BCUT2D eigenvalue weighted by Gasteiger charge is -2.56. The summed E-state index contributed by atoms with van der Waals surface area (Å²) in [5.41, 5.74) is -0.211. The minimum absolute atomic E-state index is 0.211. The van der Waals surface area contributed by atoms with Gasteiger partial charge in [0, 0.05) is 6.54 Å². The lowest BCUT2D eigenvalue weighted by molar-refractivity contribution is -0.160. The molecule has 1 heterocycles. The van der Waals surface area contributed by atoms with Crippen LogP contribution in [0.15, 0.2) is 22.8 Å². The Morgan fingerprint density at radius 1 is 1.23 bits per heavy atom. The highest BCUT2D eigenvalue weighted by Crippen LogP contribution is 2.60. The first-order valence-electron chi connectivity index (χ1n) is 9.88. The lowest BCUT2D eigenvalue weighted by atomic mass is 9.49. The summed E-state index contributed by atoms with van der Waals surface area (Å²) in [5, 5.41) is 0. The number of furan rings is 1. The van der Waals surface area contributed by atoms with Crippen molar-refractivity contribution in [1.82, 2.24) is 4.90 Å². The van der Waals surface area contributed by atoms with Crippen LogP contribution in [0.1, 0.15) is 51.2 Å². The monoisotopic (exact) mass is 359 g/mol. The van der Waals surface area contributed by atoms with Crippen LogP contribution in [0, 0.1) is 29.1 Å². The second-order valence-corrected chi connectivity index (χ2v) is 8.89. The third-order valence-electron chi connectivity index (χ3n) is 6.80. The highest BCUT2D eigenvalue weighted by atomic mass is 16.5. The Kier molecular flexibility index (Phi) is 4.57. The first-order valence-corrected chi connectivity index (χ1v) is 9.88. The van der Waals surface area contributed by atoms with Crippen molar-refractivity contribution in [2.24, 2.45) is 29.1 Å². The summed E-state index contributed by atoms with van der Waals surface area (Å²) in [7, 11) is 1.40. The van der Waals surface area contributed by atoms with Gasteiger partial charge < -0.3 is 14.1 Å². The molecule has 0 spiro atoms. The number of nitrogens with zero attached hydrogens (tertiary/aromatic N) is 1. The van der Waals surface area contributed by atoms with Crippen LogP contribution in [-0.2, 0) is 20.9 Å². The Bertz CT molecular complexity index is 630. The van der Waals surface area contributed by atoms with E-state index in [1.165, 1.54) is 26.4 Å². The van der Waals surface area contributed by atoms with Crippen LogP contribution in [-0.4, -0.2) is 30.4 Å². The summed E-state index contributed by atoms with van der Waals surface area (Å²) in [4.78, 5) is 27.5. The largest absolute Gasteiger partial charge is 0.469 e. The first kappa shape index (κ1) is 17.6. The molecular weight excluding hydrogens is 330 g/mol. The maximum absolute atomic E-state index is 13.7. The van der Waals surface area contributed by atoms with Gasteiger partial charge in [0.15, 0.2) is 0 Å². The van der Waals surface area contributed by atoms with E-state index in [1.54, 1.807) is 6.26 Å². The number of methoxy groups -OCH3 is 1. The van der Waals surface area contributed by atoms with Gasteiger partial charge in [0.05, 0.1) is 31.3 Å². The van der Waals surface area contributed by atoms with Crippen LogP contribution in [0.25, 0.3) is 0 Å². The minimum Gasteiger partial charge on any atom is -0.469 e. The SMILES string of the molecule is COC(=O)C(C)CN(Cc1ccco1)C(=O)C12CC3CC(CC(C3)C1)C2. The summed E-state index contributed by atoms with van der Waals surface area (Å²) in [6.07, 6.45) is 8.64. The first-order chi connectivity index (χ1) is 12.5. The summed E-state index contributed by atoms with van der Waals surface area (Å²) < 4.78 is 10.4. The fourth-order valence-corrected chi connectivity index (χ4v) is 6.12. The van der Waals surface area contributed by atoms with Gasteiger partial charge in [0.1, 0.15) is 5.76 Å². The molecule has 5 heteroatoms. The van der Waals surface area contributed by atoms with Crippen molar-refractivity contribution in [1.29, 1.82) is 0 Å². The van der Waals surface area contributed by atoms with E-state index in [9.17, 15) is 9.59 Å². The van der Waals surface area contributed by atoms with Gasteiger partial charge in [0.2, 0.25) is 5.91 Å². The molecule has 4 fully saturated rings. The number of esters is 1. The number of carbonyl (C=O) groups excluding carboxylic acids is 2. The number of ether oxygens (including phenoxy) is 1. The molecule has 5 rings (SSSR count). The molecule has 1 aromatic heterocycles. The molecule has 142 valence electrons. The molecule has 0 saturated heterocycles. The molecule has 4 bridgehead atoms. The van der Waals surface area contributed by atoms with Crippen molar-refractivity contribution in [2.75, 3.05) is 13.7 Å². The van der Waals surface area contributed by atoms with E-state index in [2.05, 4.69) is 0 Å². The average molecular weight is 359 g/mol. The van der Waals surface area contributed by atoms with Gasteiger partial charge in [-0.2, -0.15) is 0 Å². The second kappa shape index (κ2) is 6.75. The number of amides is 1. The van der Waals surface area contributed by atoms with Crippen molar-refractivity contribution in [3.63, 3.8) is 0 Å². The molecule has 26 heavy (non-hydrogen) atoms. The quantitative estimate of drug-likeness (QED) is 0.728. The number of hydrogen-bond acceptors (Lipinski definition) is 4. The molecule has 1 unspecified atom stereocenters. The van der Waals surface area contributed by atoms with Crippen molar-refractivity contribution in [2.45, 2.75) is 52.0 Å². The van der Waals surface area contributed by atoms with E-state index in [0.717, 1.165) is 25.0 Å². The molecule has 0 N–H and O–H groups in total. The second-order valence-electron chi connectivity index (χ2n) is 8.89. The third kappa shape index (κ3) is 3.17. The maximum atomic E-state index is 13.7. The zero-order valence-electron chi connectivity index (χ0n) is 15.8. The molecule has 4 aliphatic carbocycles. The fraction of sp³-hybridized carbons (Fsp3) is 0.714. The molecule has 1 amide bonds. The Hall–Kier alpha value is -1.78. The highest BCUT2D eigenvalue weighted by Gasteiger charge is 2.55. The van der Waals surface area contributed by atoms with Gasteiger partial charge >= 0.3 is 5.97 Å². The molecule has 4 saturated carbocycles. The number of rotatable bonds is 6. The summed E-state index contributed by atoms with van der Waals surface area (Å²) in [5.74, 6) is 2.53. The van der Waals surface area contributed by atoms with Crippen LogP contribution >= 0.6 is 0 Å². The Morgan fingerprint density at radius 2 is 1.85 bits per heavy atom. The summed E-state index contributed by atoms with van der Waals surface area (Å²) >= 11 is 0. The van der Waals surface area contributed by atoms with Crippen LogP contribution in [0.5, 0.6) is 0 Å². The standard InChI is InChI=1S/C21H29NO4/c1-14(19(23)25-2)12-22(13-18-4-3-5-26-18)20(24)21-9-15-6-16(10-21)8-17(7-15)11-21/h3-5,14-17H,6-13H2,1-2H3. The molecular formula is C21H29NO4. The van der Waals surface area contributed by atoms with Crippen LogP contribution < -0.4 is 0 Å².